The lowest BCUT2D eigenvalue weighted by atomic mass is 9.64. The molecule has 1 saturated carbocycles. The van der Waals surface area contributed by atoms with Gasteiger partial charge in [-0.3, -0.25) is 4.79 Å². The average molecular weight is 543 g/mol. The molecule has 3 aromatic rings. The number of benzene rings is 2. The molecule has 1 aromatic heterocycles. The van der Waals surface area contributed by atoms with E-state index < -0.39 is 5.41 Å². The van der Waals surface area contributed by atoms with Gasteiger partial charge in [0.05, 0.1) is 19.8 Å². The van der Waals surface area contributed by atoms with Gasteiger partial charge < -0.3 is 32.2 Å². The molecule has 0 spiro atoms. The Morgan fingerprint density at radius 3 is 2.23 bits per heavy atom. The molecule has 2 atom stereocenters. The molecule has 1 heterocycles. The number of nitrogens with zero attached hydrogens (tertiary/aromatic N) is 2. The van der Waals surface area contributed by atoms with E-state index in [1.54, 1.807) is 7.11 Å². The highest BCUT2D eigenvalue weighted by molar-refractivity contribution is 5.91. The molecule has 35 heavy (non-hydrogen) atoms. The second kappa shape index (κ2) is 12.5. The van der Waals surface area contributed by atoms with Gasteiger partial charge in [0.25, 0.3) is 5.82 Å². The van der Waals surface area contributed by atoms with Crippen molar-refractivity contribution in [3.8, 4) is 0 Å². The molecule has 7 heteroatoms. The van der Waals surface area contributed by atoms with Crippen LogP contribution in [0.25, 0.3) is 0 Å². The van der Waals surface area contributed by atoms with Crippen LogP contribution in [0.15, 0.2) is 73.1 Å². The van der Waals surface area contributed by atoms with Gasteiger partial charge in [-0.25, -0.2) is 9.13 Å². The number of aromatic nitrogens is 2. The predicted octanol–water partition coefficient (Wildman–Crippen LogP) is 0.564. The molecular weight excluding hydrogens is 506 g/mol. The number of hydrogen-bond acceptors (Lipinski definition) is 3. The maximum Gasteiger partial charge on any atom is 0.253 e. The number of primary amides is 1. The molecule has 4 rings (SSSR count). The molecule has 2 aromatic carbocycles. The van der Waals surface area contributed by atoms with Crippen LogP contribution in [0.2, 0.25) is 0 Å². The van der Waals surface area contributed by atoms with E-state index in [0.29, 0.717) is 25.9 Å². The highest BCUT2D eigenvalue weighted by Gasteiger charge is 2.51. The number of hydrogen-bond donors (Lipinski definition) is 1. The van der Waals surface area contributed by atoms with Crippen molar-refractivity contribution in [3.63, 3.8) is 0 Å². The van der Waals surface area contributed by atoms with Crippen LogP contribution in [0, 0.1) is 12.8 Å². The minimum atomic E-state index is -0.844. The molecule has 1 amide bonds. The molecule has 0 aliphatic heterocycles. The molecule has 0 radical (unpaired) electrons. The SMILES string of the molecule is COCCOCCn1cc[n+]([C@@H]2CC[C@H](C(C(N)=O)(c3ccccc3)c3ccccc3)C2)c1C.[Br-]. The summed E-state index contributed by atoms with van der Waals surface area (Å²) in [5.74, 6) is 1.04. The third kappa shape index (κ3) is 5.52. The van der Waals surface area contributed by atoms with Crippen molar-refractivity contribution in [2.75, 3.05) is 26.9 Å². The van der Waals surface area contributed by atoms with Gasteiger partial charge in [0, 0.05) is 14.0 Å². The van der Waals surface area contributed by atoms with Gasteiger partial charge in [-0.15, -0.1) is 0 Å². The standard InChI is InChI=1S/C28H35N3O3.BrH/c1-22-30(17-18-34-20-19-33-2)15-16-31(22)26-14-13-25(21-26)28(27(29)32,23-9-5-3-6-10-23)24-11-7-4-8-12-24;/h3-12,15-16,25-26H,13-14,17-21H2,1-2H3,(H-,29,32);1H/t25-,26+;/m0./s1. The van der Waals surface area contributed by atoms with Crippen LogP contribution < -0.4 is 27.3 Å². The van der Waals surface area contributed by atoms with E-state index in [-0.39, 0.29) is 28.8 Å². The lowest BCUT2D eigenvalue weighted by molar-refractivity contribution is -0.727. The molecule has 0 unspecified atom stereocenters. The van der Waals surface area contributed by atoms with Gasteiger partial charge in [-0.1, -0.05) is 60.7 Å². The Labute approximate surface area is 218 Å². The fourth-order valence-corrected chi connectivity index (χ4v) is 5.68. The minimum Gasteiger partial charge on any atom is -1.00 e. The lowest BCUT2D eigenvalue weighted by Gasteiger charge is -2.37. The van der Waals surface area contributed by atoms with E-state index in [4.69, 9.17) is 15.2 Å². The number of methoxy groups -OCH3 is 1. The van der Waals surface area contributed by atoms with Gasteiger partial charge in [0.1, 0.15) is 30.4 Å². The van der Waals surface area contributed by atoms with Crippen LogP contribution in [0.4, 0.5) is 0 Å². The minimum absolute atomic E-state index is 0. The molecule has 188 valence electrons. The Morgan fingerprint density at radius 1 is 1.03 bits per heavy atom. The second-order valence-corrected chi connectivity index (χ2v) is 9.12. The van der Waals surface area contributed by atoms with E-state index in [1.807, 2.05) is 60.7 Å². The highest BCUT2D eigenvalue weighted by atomic mass is 79.9. The zero-order chi connectivity index (χ0) is 24.0. The Bertz CT molecular complexity index is 1030. The van der Waals surface area contributed by atoms with E-state index in [9.17, 15) is 4.79 Å². The summed E-state index contributed by atoms with van der Waals surface area (Å²) >= 11 is 0. The second-order valence-electron chi connectivity index (χ2n) is 9.12. The average Bonchev–Trinajstić information content (AvgIpc) is 3.48. The highest BCUT2D eigenvalue weighted by Crippen LogP contribution is 2.48. The fourth-order valence-electron chi connectivity index (χ4n) is 5.68. The molecule has 1 aliphatic carbocycles. The summed E-state index contributed by atoms with van der Waals surface area (Å²) in [6.07, 6.45) is 7.13. The van der Waals surface area contributed by atoms with Crippen molar-refractivity contribution in [3.05, 3.63) is 90.0 Å². The van der Waals surface area contributed by atoms with Gasteiger partial charge >= 0.3 is 0 Å². The van der Waals surface area contributed by atoms with E-state index in [0.717, 1.165) is 36.9 Å². The Kier molecular flexibility index (Phi) is 9.66. The van der Waals surface area contributed by atoms with Crippen molar-refractivity contribution < 1.29 is 35.8 Å². The van der Waals surface area contributed by atoms with Crippen LogP contribution in [-0.4, -0.2) is 37.4 Å². The summed E-state index contributed by atoms with van der Waals surface area (Å²) < 4.78 is 15.3. The molecule has 1 aliphatic rings. The van der Waals surface area contributed by atoms with Gasteiger partial charge in [-0.2, -0.15) is 0 Å². The molecular formula is C28H36BrN3O3. The first-order valence-corrected chi connectivity index (χ1v) is 12.1. The summed E-state index contributed by atoms with van der Waals surface area (Å²) in [6, 6.07) is 20.5. The number of halogens is 1. The first kappa shape index (κ1) is 27.1. The molecule has 0 bridgehead atoms. The number of carbonyl (C=O) groups is 1. The number of rotatable bonds is 11. The number of imidazole rings is 1. The number of amides is 1. The maximum atomic E-state index is 13.3. The molecule has 0 saturated heterocycles. The quantitative estimate of drug-likeness (QED) is 0.285. The third-order valence-electron chi connectivity index (χ3n) is 7.36. The zero-order valence-electron chi connectivity index (χ0n) is 20.6. The molecule has 1 fully saturated rings. The van der Waals surface area contributed by atoms with Crippen LogP contribution in [0.1, 0.15) is 42.3 Å². The van der Waals surface area contributed by atoms with Crippen molar-refractivity contribution in [1.29, 1.82) is 0 Å². The van der Waals surface area contributed by atoms with Crippen molar-refractivity contribution >= 4 is 5.91 Å². The topological polar surface area (TPSA) is 70.4 Å². The largest absolute Gasteiger partial charge is 1.00 e. The van der Waals surface area contributed by atoms with Crippen LogP contribution in [-0.2, 0) is 26.2 Å². The number of carbonyl (C=O) groups excluding carboxylic acids is 1. The van der Waals surface area contributed by atoms with Gasteiger partial charge in [0.2, 0.25) is 5.91 Å². The molecule has 2 N–H and O–H groups in total. The normalized spacial score (nSPS) is 17.8. The van der Waals surface area contributed by atoms with E-state index in [2.05, 4.69) is 28.5 Å². The first-order chi connectivity index (χ1) is 16.6. The summed E-state index contributed by atoms with van der Waals surface area (Å²) in [5.41, 5.74) is 7.36. The number of nitrogens with two attached hydrogens (primary N) is 1. The van der Waals surface area contributed by atoms with Crippen molar-refractivity contribution in [2.24, 2.45) is 11.7 Å². The Hall–Kier alpha value is -2.48. The summed E-state index contributed by atoms with van der Waals surface area (Å²) in [7, 11) is 1.68. The Morgan fingerprint density at radius 2 is 1.66 bits per heavy atom. The van der Waals surface area contributed by atoms with Gasteiger partial charge in [-0.05, 0) is 36.3 Å². The summed E-state index contributed by atoms with van der Waals surface area (Å²) in [6.45, 7) is 4.82. The number of ether oxygens (including phenoxy) is 2. The molecule has 6 nitrogen and oxygen atoms in total. The Balaban J connectivity index is 0.00000342. The summed E-state index contributed by atoms with van der Waals surface area (Å²) in [4.78, 5) is 13.3. The smallest absolute Gasteiger partial charge is 0.253 e. The van der Waals surface area contributed by atoms with Crippen LogP contribution in [0.3, 0.4) is 0 Å². The van der Waals surface area contributed by atoms with Crippen molar-refractivity contribution in [1.82, 2.24) is 4.57 Å². The first-order valence-electron chi connectivity index (χ1n) is 12.1. The lowest BCUT2D eigenvalue weighted by Crippen LogP contribution is -3.00. The predicted molar refractivity (Wildman–Crippen MR) is 131 cm³/mol. The maximum absolute atomic E-state index is 13.3. The van der Waals surface area contributed by atoms with E-state index >= 15 is 0 Å². The third-order valence-corrected chi connectivity index (χ3v) is 7.36. The fraction of sp³-hybridized carbons (Fsp3) is 0.429. The summed E-state index contributed by atoms with van der Waals surface area (Å²) in [5, 5.41) is 0. The van der Waals surface area contributed by atoms with Crippen molar-refractivity contribution in [2.45, 2.75) is 44.2 Å². The van der Waals surface area contributed by atoms with Crippen LogP contribution in [0.5, 0.6) is 0 Å². The zero-order valence-corrected chi connectivity index (χ0v) is 22.2. The monoisotopic (exact) mass is 541 g/mol. The van der Waals surface area contributed by atoms with Gasteiger partial charge in [0.15, 0.2) is 0 Å². The van der Waals surface area contributed by atoms with E-state index in [1.165, 1.54) is 5.82 Å². The van der Waals surface area contributed by atoms with Crippen LogP contribution >= 0.6 is 0 Å².